The molecule has 0 N–H and O–H groups in total. The maximum Gasteiger partial charge on any atom is 0.227 e. The average Bonchev–Trinajstić information content (AvgIpc) is 3.17. The molecule has 2 atom stereocenters. The maximum absolute atomic E-state index is 12.7. The molecule has 1 aliphatic rings. The quantitative estimate of drug-likeness (QED) is 0.819. The second-order valence-corrected chi connectivity index (χ2v) is 6.49. The predicted molar refractivity (Wildman–Crippen MR) is 92.3 cm³/mol. The summed E-state index contributed by atoms with van der Waals surface area (Å²) in [4.78, 5) is 18.8. The molecular formula is C19H25N3O2. The van der Waals surface area contributed by atoms with Crippen LogP contribution in [0.2, 0.25) is 0 Å². The highest BCUT2D eigenvalue weighted by Crippen LogP contribution is 2.22. The van der Waals surface area contributed by atoms with Crippen molar-refractivity contribution in [2.24, 2.45) is 5.92 Å². The Morgan fingerprint density at radius 3 is 2.96 bits per heavy atom. The minimum Gasteiger partial charge on any atom is -0.376 e. The van der Waals surface area contributed by atoms with Gasteiger partial charge in [0.1, 0.15) is 0 Å². The van der Waals surface area contributed by atoms with Gasteiger partial charge in [-0.15, -0.1) is 0 Å². The van der Waals surface area contributed by atoms with Crippen molar-refractivity contribution in [3.63, 3.8) is 0 Å². The van der Waals surface area contributed by atoms with E-state index in [4.69, 9.17) is 4.74 Å². The van der Waals surface area contributed by atoms with E-state index in [1.165, 1.54) is 0 Å². The number of piperidine rings is 1. The summed E-state index contributed by atoms with van der Waals surface area (Å²) in [6.07, 6.45) is 7.74. The minimum atomic E-state index is -0.116. The predicted octanol–water partition coefficient (Wildman–Crippen LogP) is 2.90. The van der Waals surface area contributed by atoms with Crippen LogP contribution in [0.5, 0.6) is 0 Å². The lowest BCUT2D eigenvalue weighted by Crippen LogP contribution is -2.43. The van der Waals surface area contributed by atoms with Crippen LogP contribution in [-0.4, -0.2) is 40.1 Å². The van der Waals surface area contributed by atoms with E-state index < -0.39 is 0 Å². The number of aromatic nitrogens is 2. The molecule has 0 spiro atoms. The monoisotopic (exact) mass is 327 g/mol. The van der Waals surface area contributed by atoms with Gasteiger partial charge in [-0.2, -0.15) is 0 Å². The Morgan fingerprint density at radius 1 is 1.38 bits per heavy atom. The van der Waals surface area contributed by atoms with E-state index in [2.05, 4.69) is 9.55 Å². The number of carbonyl (C=O) groups is 1. The minimum absolute atomic E-state index is 0.116. The molecule has 0 aliphatic carbocycles. The number of benzene rings is 1. The van der Waals surface area contributed by atoms with Crippen LogP contribution in [0.25, 0.3) is 0 Å². The van der Waals surface area contributed by atoms with Crippen molar-refractivity contribution in [1.29, 1.82) is 0 Å². The largest absolute Gasteiger partial charge is 0.376 e. The van der Waals surface area contributed by atoms with Gasteiger partial charge in [-0.25, -0.2) is 4.98 Å². The fourth-order valence-corrected chi connectivity index (χ4v) is 3.19. The van der Waals surface area contributed by atoms with Crippen molar-refractivity contribution in [2.45, 2.75) is 32.4 Å². The lowest BCUT2D eigenvalue weighted by atomic mass is 10.0. The molecule has 2 aromatic rings. The number of ether oxygens (including phenoxy) is 1. The van der Waals surface area contributed by atoms with E-state index in [0.29, 0.717) is 19.3 Å². The molecular weight excluding hydrogens is 302 g/mol. The summed E-state index contributed by atoms with van der Waals surface area (Å²) in [7, 11) is 0. The number of nitrogens with zero attached hydrogens (tertiary/aromatic N) is 3. The summed E-state index contributed by atoms with van der Waals surface area (Å²) in [5, 5.41) is 0. The fraction of sp³-hybridized carbons (Fsp3) is 0.474. The van der Waals surface area contributed by atoms with Gasteiger partial charge in [-0.1, -0.05) is 37.3 Å². The number of carbonyl (C=O) groups excluding carboxylic acids is 1. The number of rotatable bonds is 6. The van der Waals surface area contributed by atoms with E-state index in [0.717, 1.165) is 31.5 Å². The molecule has 1 saturated heterocycles. The van der Waals surface area contributed by atoms with Crippen LogP contribution < -0.4 is 0 Å². The molecule has 5 heteroatoms. The zero-order valence-corrected chi connectivity index (χ0v) is 14.2. The third-order valence-electron chi connectivity index (χ3n) is 4.56. The smallest absolute Gasteiger partial charge is 0.227 e. The first-order valence-corrected chi connectivity index (χ1v) is 8.62. The third kappa shape index (κ3) is 4.23. The first kappa shape index (κ1) is 16.7. The Balaban J connectivity index is 1.48. The molecule has 0 radical (unpaired) electrons. The van der Waals surface area contributed by atoms with Crippen molar-refractivity contribution in [1.82, 2.24) is 14.5 Å². The van der Waals surface area contributed by atoms with E-state index in [1.54, 1.807) is 6.20 Å². The van der Waals surface area contributed by atoms with Gasteiger partial charge in [-0.05, 0) is 18.4 Å². The number of amides is 1. The summed E-state index contributed by atoms with van der Waals surface area (Å²) in [6.45, 7) is 4.57. The highest BCUT2D eigenvalue weighted by atomic mass is 16.5. The summed E-state index contributed by atoms with van der Waals surface area (Å²) in [5.41, 5.74) is 1.13. The van der Waals surface area contributed by atoms with Gasteiger partial charge in [0.25, 0.3) is 0 Å². The highest BCUT2D eigenvalue weighted by molar-refractivity contribution is 5.78. The molecule has 0 saturated carbocycles. The Hall–Kier alpha value is -2.14. The molecule has 1 amide bonds. The number of hydrogen-bond acceptors (Lipinski definition) is 3. The number of imidazole rings is 1. The summed E-state index contributed by atoms with van der Waals surface area (Å²) in [6, 6.07) is 10.4. The molecule has 1 aliphatic heterocycles. The van der Waals surface area contributed by atoms with Crippen LogP contribution in [0.1, 0.15) is 31.4 Å². The molecule has 2 heterocycles. The molecule has 0 unspecified atom stereocenters. The molecule has 1 aromatic heterocycles. The van der Waals surface area contributed by atoms with Gasteiger partial charge in [0.15, 0.2) is 0 Å². The van der Waals surface area contributed by atoms with Gasteiger partial charge in [-0.3, -0.25) is 4.79 Å². The Labute approximate surface area is 143 Å². The van der Waals surface area contributed by atoms with E-state index in [9.17, 15) is 4.79 Å². The topological polar surface area (TPSA) is 47.4 Å². The average molecular weight is 327 g/mol. The molecule has 3 rings (SSSR count). The lowest BCUT2D eigenvalue weighted by Gasteiger charge is -2.34. The van der Waals surface area contributed by atoms with E-state index in [-0.39, 0.29) is 11.8 Å². The van der Waals surface area contributed by atoms with Gasteiger partial charge in [0.05, 0.1) is 31.5 Å². The number of hydrogen-bond donors (Lipinski definition) is 0. The van der Waals surface area contributed by atoms with Gasteiger partial charge >= 0.3 is 0 Å². The Kier molecular flexibility index (Phi) is 5.64. The Morgan fingerprint density at radius 2 is 2.21 bits per heavy atom. The van der Waals surface area contributed by atoms with Gasteiger partial charge < -0.3 is 14.2 Å². The zero-order valence-electron chi connectivity index (χ0n) is 14.2. The summed E-state index contributed by atoms with van der Waals surface area (Å²) >= 11 is 0. The van der Waals surface area contributed by atoms with Crippen LogP contribution in [0, 0.1) is 5.92 Å². The van der Waals surface area contributed by atoms with Gasteiger partial charge in [0, 0.05) is 25.5 Å². The van der Waals surface area contributed by atoms with Crippen LogP contribution in [0.3, 0.4) is 0 Å². The SMILES string of the molecule is C[C@H](COCc1ccccc1)C(=O)N1CCC[C@@H](n2ccnc2)C1. The van der Waals surface area contributed by atoms with E-state index in [1.807, 2.05) is 54.7 Å². The van der Waals surface area contributed by atoms with Crippen molar-refractivity contribution in [2.75, 3.05) is 19.7 Å². The van der Waals surface area contributed by atoms with Crippen LogP contribution in [-0.2, 0) is 16.1 Å². The van der Waals surface area contributed by atoms with Crippen molar-refractivity contribution < 1.29 is 9.53 Å². The van der Waals surface area contributed by atoms with Crippen molar-refractivity contribution >= 4 is 5.91 Å². The van der Waals surface area contributed by atoms with Crippen molar-refractivity contribution in [3.05, 3.63) is 54.6 Å². The molecule has 5 nitrogen and oxygen atoms in total. The van der Waals surface area contributed by atoms with Crippen molar-refractivity contribution in [3.8, 4) is 0 Å². The fourth-order valence-electron chi connectivity index (χ4n) is 3.19. The molecule has 128 valence electrons. The van der Waals surface area contributed by atoms with Crippen LogP contribution >= 0.6 is 0 Å². The molecule has 1 fully saturated rings. The standard InChI is InChI=1S/C19H25N3O2/c1-16(13-24-14-17-6-3-2-4-7-17)19(23)21-10-5-8-18(12-21)22-11-9-20-15-22/h2-4,6-7,9,11,15-16,18H,5,8,10,12-14H2,1H3/t16-,18-/m1/s1. The summed E-state index contributed by atoms with van der Waals surface area (Å²) in [5.74, 6) is 0.0723. The Bertz CT molecular complexity index is 627. The van der Waals surface area contributed by atoms with E-state index >= 15 is 0 Å². The third-order valence-corrected chi connectivity index (χ3v) is 4.56. The molecule has 1 aromatic carbocycles. The lowest BCUT2D eigenvalue weighted by molar-refractivity contribution is -0.138. The first-order valence-electron chi connectivity index (χ1n) is 8.62. The maximum atomic E-state index is 12.7. The molecule has 0 bridgehead atoms. The second kappa shape index (κ2) is 8.11. The molecule has 24 heavy (non-hydrogen) atoms. The highest BCUT2D eigenvalue weighted by Gasteiger charge is 2.27. The van der Waals surface area contributed by atoms with Gasteiger partial charge in [0.2, 0.25) is 5.91 Å². The summed E-state index contributed by atoms with van der Waals surface area (Å²) < 4.78 is 7.84. The normalized spacial score (nSPS) is 19.2. The number of likely N-dealkylation sites (tertiary alicyclic amines) is 1. The van der Waals surface area contributed by atoms with Crippen LogP contribution in [0.15, 0.2) is 49.1 Å². The first-order chi connectivity index (χ1) is 11.7. The second-order valence-electron chi connectivity index (χ2n) is 6.49. The zero-order chi connectivity index (χ0) is 16.8. The van der Waals surface area contributed by atoms with Crippen LogP contribution in [0.4, 0.5) is 0 Å².